The number of para-hydroxylation sites is 1. The smallest absolute Gasteiger partial charge is 0.288 e. The SMILES string of the molecule is CC(NC(=O)c1oc2ccccc2c1CSc1ncccn1)c1nc(-c2ccc(F)cc2)no1. The van der Waals surface area contributed by atoms with Gasteiger partial charge in [-0.3, -0.25) is 4.79 Å². The average molecular weight is 476 g/mol. The lowest BCUT2D eigenvalue weighted by Crippen LogP contribution is -2.27. The molecule has 1 amide bonds. The van der Waals surface area contributed by atoms with Crippen molar-refractivity contribution >= 4 is 28.6 Å². The first-order valence-corrected chi connectivity index (χ1v) is 11.4. The summed E-state index contributed by atoms with van der Waals surface area (Å²) in [6, 6.07) is 14.4. The molecule has 0 aliphatic heterocycles. The molecule has 0 aliphatic carbocycles. The molecule has 170 valence electrons. The number of amides is 1. The minimum atomic E-state index is -0.583. The number of nitrogens with one attached hydrogen (secondary N) is 1. The minimum Gasteiger partial charge on any atom is -0.451 e. The fourth-order valence-electron chi connectivity index (χ4n) is 3.37. The third-order valence-electron chi connectivity index (χ3n) is 5.05. The Morgan fingerprint density at radius 3 is 2.65 bits per heavy atom. The minimum absolute atomic E-state index is 0.203. The maximum atomic E-state index is 13.2. The Kier molecular flexibility index (Phi) is 6.05. The Labute approximate surface area is 197 Å². The number of furan rings is 1. The van der Waals surface area contributed by atoms with E-state index in [9.17, 15) is 9.18 Å². The van der Waals surface area contributed by atoms with Gasteiger partial charge in [0.05, 0.1) is 0 Å². The van der Waals surface area contributed by atoms with Gasteiger partial charge in [0.15, 0.2) is 10.9 Å². The summed E-state index contributed by atoms with van der Waals surface area (Å²) in [6.07, 6.45) is 3.34. The molecule has 0 spiro atoms. The molecule has 0 fully saturated rings. The second-order valence-electron chi connectivity index (χ2n) is 7.38. The van der Waals surface area contributed by atoms with Crippen molar-refractivity contribution < 1.29 is 18.1 Å². The molecule has 1 atom stereocenters. The summed E-state index contributed by atoms with van der Waals surface area (Å²) in [6.45, 7) is 1.73. The molecule has 0 saturated heterocycles. The Hall–Kier alpha value is -4.05. The molecule has 0 aliphatic rings. The van der Waals surface area contributed by atoms with Crippen LogP contribution in [0.2, 0.25) is 0 Å². The number of thioether (sulfide) groups is 1. The number of aromatic nitrogens is 4. The highest BCUT2D eigenvalue weighted by Crippen LogP contribution is 2.31. The van der Waals surface area contributed by atoms with Gasteiger partial charge in [0, 0.05) is 34.7 Å². The molecule has 8 nitrogen and oxygen atoms in total. The lowest BCUT2D eigenvalue weighted by atomic mass is 10.1. The van der Waals surface area contributed by atoms with Crippen molar-refractivity contribution in [1.82, 2.24) is 25.4 Å². The van der Waals surface area contributed by atoms with E-state index in [4.69, 9.17) is 8.94 Å². The van der Waals surface area contributed by atoms with E-state index in [2.05, 4.69) is 25.4 Å². The van der Waals surface area contributed by atoms with E-state index < -0.39 is 11.9 Å². The number of nitrogens with zero attached hydrogens (tertiary/aromatic N) is 4. The third-order valence-corrected chi connectivity index (χ3v) is 5.96. The van der Waals surface area contributed by atoms with Crippen LogP contribution >= 0.6 is 11.8 Å². The quantitative estimate of drug-likeness (QED) is 0.253. The predicted octanol–water partition coefficient (Wildman–Crippen LogP) is 5.20. The second-order valence-corrected chi connectivity index (χ2v) is 8.33. The molecular weight excluding hydrogens is 457 g/mol. The zero-order chi connectivity index (χ0) is 23.5. The first-order chi connectivity index (χ1) is 16.6. The van der Waals surface area contributed by atoms with E-state index in [1.807, 2.05) is 24.3 Å². The predicted molar refractivity (Wildman–Crippen MR) is 123 cm³/mol. The van der Waals surface area contributed by atoms with Gasteiger partial charge in [-0.2, -0.15) is 4.98 Å². The van der Waals surface area contributed by atoms with Gasteiger partial charge in [0.25, 0.3) is 5.91 Å². The Balaban J connectivity index is 1.36. The summed E-state index contributed by atoms with van der Waals surface area (Å²) in [5, 5.41) is 8.24. The molecule has 10 heteroatoms. The highest BCUT2D eigenvalue weighted by atomic mass is 32.2. The molecule has 0 bridgehead atoms. The van der Waals surface area contributed by atoms with Gasteiger partial charge < -0.3 is 14.3 Å². The molecule has 5 aromatic rings. The molecule has 1 unspecified atom stereocenters. The van der Waals surface area contributed by atoms with Crippen LogP contribution in [-0.2, 0) is 5.75 Å². The van der Waals surface area contributed by atoms with Gasteiger partial charge in [-0.1, -0.05) is 35.1 Å². The number of hydrogen-bond acceptors (Lipinski definition) is 8. The van der Waals surface area contributed by atoms with Gasteiger partial charge in [-0.05, 0) is 43.3 Å². The van der Waals surface area contributed by atoms with Crippen LogP contribution in [0.25, 0.3) is 22.4 Å². The van der Waals surface area contributed by atoms with Crippen molar-refractivity contribution in [1.29, 1.82) is 0 Å². The first kappa shape index (κ1) is 21.8. The number of carbonyl (C=O) groups is 1. The van der Waals surface area contributed by atoms with Gasteiger partial charge in [0.2, 0.25) is 11.7 Å². The van der Waals surface area contributed by atoms with Crippen LogP contribution < -0.4 is 5.32 Å². The Morgan fingerprint density at radius 1 is 1.09 bits per heavy atom. The van der Waals surface area contributed by atoms with Gasteiger partial charge in [0.1, 0.15) is 17.4 Å². The van der Waals surface area contributed by atoms with Crippen molar-refractivity contribution in [3.05, 3.63) is 90.0 Å². The average Bonchev–Trinajstić information content (AvgIpc) is 3.49. The van der Waals surface area contributed by atoms with Crippen LogP contribution in [0.1, 0.15) is 35.0 Å². The van der Waals surface area contributed by atoms with Crippen molar-refractivity contribution in [3.8, 4) is 11.4 Å². The maximum Gasteiger partial charge on any atom is 0.288 e. The van der Waals surface area contributed by atoms with E-state index in [0.29, 0.717) is 27.9 Å². The number of benzene rings is 2. The molecule has 0 radical (unpaired) electrons. The van der Waals surface area contributed by atoms with E-state index in [-0.39, 0.29) is 17.5 Å². The molecule has 3 aromatic heterocycles. The van der Waals surface area contributed by atoms with Crippen LogP contribution in [0.5, 0.6) is 0 Å². The number of hydrogen-bond donors (Lipinski definition) is 1. The summed E-state index contributed by atoms with van der Waals surface area (Å²) in [5.41, 5.74) is 1.96. The zero-order valence-electron chi connectivity index (χ0n) is 17.9. The summed E-state index contributed by atoms with van der Waals surface area (Å²) in [7, 11) is 0. The molecule has 2 aromatic carbocycles. The number of fused-ring (bicyclic) bond motifs is 1. The molecule has 3 heterocycles. The topological polar surface area (TPSA) is 107 Å². The van der Waals surface area contributed by atoms with Gasteiger partial charge in [-0.25, -0.2) is 14.4 Å². The molecule has 0 saturated carbocycles. The van der Waals surface area contributed by atoms with E-state index in [1.165, 1.54) is 23.9 Å². The van der Waals surface area contributed by atoms with Gasteiger partial charge >= 0.3 is 0 Å². The fourth-order valence-corrected chi connectivity index (χ4v) is 4.20. The van der Waals surface area contributed by atoms with Crippen LogP contribution in [0, 0.1) is 5.82 Å². The van der Waals surface area contributed by atoms with E-state index >= 15 is 0 Å². The third kappa shape index (κ3) is 4.53. The molecular formula is C24H18FN5O3S. The number of rotatable bonds is 7. The van der Waals surface area contributed by atoms with Crippen LogP contribution in [-0.4, -0.2) is 26.0 Å². The van der Waals surface area contributed by atoms with Crippen LogP contribution in [0.3, 0.4) is 0 Å². The first-order valence-electron chi connectivity index (χ1n) is 10.4. The number of carbonyl (C=O) groups excluding carboxylic acids is 1. The second kappa shape index (κ2) is 9.44. The van der Waals surface area contributed by atoms with Crippen molar-refractivity contribution in [2.45, 2.75) is 23.9 Å². The fraction of sp³-hybridized carbons (Fsp3) is 0.125. The molecule has 34 heavy (non-hydrogen) atoms. The summed E-state index contributed by atoms with van der Waals surface area (Å²) >= 11 is 1.41. The number of halogens is 1. The largest absolute Gasteiger partial charge is 0.451 e. The highest BCUT2D eigenvalue weighted by molar-refractivity contribution is 7.98. The summed E-state index contributed by atoms with van der Waals surface area (Å²) < 4.78 is 24.4. The standard InChI is InChI=1S/C24H18FN5O3S/c1-14(23-29-21(30-33-23)15-7-9-16(25)10-8-15)28-22(31)20-18(13-34-24-26-11-4-12-27-24)17-5-2-3-6-19(17)32-20/h2-12,14H,13H2,1H3,(H,28,31). The molecule has 5 rings (SSSR count). The lowest BCUT2D eigenvalue weighted by Gasteiger charge is -2.09. The van der Waals surface area contributed by atoms with Gasteiger partial charge in [-0.15, -0.1) is 0 Å². The summed E-state index contributed by atoms with van der Waals surface area (Å²) in [4.78, 5) is 25.9. The lowest BCUT2D eigenvalue weighted by molar-refractivity contribution is 0.0905. The highest BCUT2D eigenvalue weighted by Gasteiger charge is 2.24. The zero-order valence-corrected chi connectivity index (χ0v) is 18.8. The maximum absolute atomic E-state index is 13.2. The van der Waals surface area contributed by atoms with Crippen molar-refractivity contribution in [3.63, 3.8) is 0 Å². The van der Waals surface area contributed by atoms with Crippen LogP contribution in [0.15, 0.2) is 81.1 Å². The Morgan fingerprint density at radius 2 is 1.85 bits per heavy atom. The normalized spacial score (nSPS) is 12.1. The van der Waals surface area contributed by atoms with E-state index in [1.54, 1.807) is 37.5 Å². The van der Waals surface area contributed by atoms with E-state index in [0.717, 1.165) is 10.9 Å². The monoisotopic (exact) mass is 475 g/mol. The molecule has 1 N–H and O–H groups in total. The van der Waals surface area contributed by atoms with Crippen LogP contribution in [0.4, 0.5) is 4.39 Å². The summed E-state index contributed by atoms with van der Waals surface area (Å²) in [5.74, 6) is 0.418. The van der Waals surface area contributed by atoms with Crippen molar-refractivity contribution in [2.75, 3.05) is 0 Å². The van der Waals surface area contributed by atoms with Crippen molar-refractivity contribution in [2.24, 2.45) is 0 Å². The Bertz CT molecular complexity index is 1440.